The maximum atomic E-state index is 5.65. The summed E-state index contributed by atoms with van der Waals surface area (Å²) < 4.78 is 11.3. The quantitative estimate of drug-likeness (QED) is 0.480. The number of hydrogen-bond donors (Lipinski definition) is 0. The van der Waals surface area contributed by atoms with Crippen molar-refractivity contribution in [2.24, 2.45) is 11.8 Å². The van der Waals surface area contributed by atoms with Gasteiger partial charge in [-0.2, -0.15) is 0 Å². The van der Waals surface area contributed by atoms with E-state index in [9.17, 15) is 0 Å². The average Bonchev–Trinajstić information content (AvgIpc) is 2.34. The van der Waals surface area contributed by atoms with Crippen LogP contribution in [0.25, 0.3) is 0 Å². The number of nitrogens with zero attached hydrogens (tertiary/aromatic N) is 1. The van der Waals surface area contributed by atoms with Crippen molar-refractivity contribution in [3.63, 3.8) is 0 Å². The SMILES string of the molecule is CCN(CCOCCC(C)C)CCOCCC(C)C. The van der Waals surface area contributed by atoms with Gasteiger partial charge in [-0.25, -0.2) is 0 Å². The Morgan fingerprint density at radius 2 is 1.16 bits per heavy atom. The van der Waals surface area contributed by atoms with Crippen LogP contribution in [-0.4, -0.2) is 51.0 Å². The van der Waals surface area contributed by atoms with Crippen LogP contribution in [0.2, 0.25) is 0 Å². The minimum absolute atomic E-state index is 0.733. The summed E-state index contributed by atoms with van der Waals surface area (Å²) in [4.78, 5) is 2.39. The van der Waals surface area contributed by atoms with Crippen LogP contribution < -0.4 is 0 Å². The lowest BCUT2D eigenvalue weighted by molar-refractivity contribution is 0.0703. The lowest BCUT2D eigenvalue weighted by Gasteiger charge is -2.20. The van der Waals surface area contributed by atoms with Gasteiger partial charge < -0.3 is 9.47 Å². The first kappa shape index (κ1) is 18.9. The highest BCUT2D eigenvalue weighted by Gasteiger charge is 2.03. The summed E-state index contributed by atoms with van der Waals surface area (Å²) in [5.41, 5.74) is 0. The van der Waals surface area contributed by atoms with Crippen LogP contribution in [0.15, 0.2) is 0 Å². The van der Waals surface area contributed by atoms with Crippen LogP contribution in [0.1, 0.15) is 47.5 Å². The van der Waals surface area contributed by atoms with Gasteiger partial charge in [0.25, 0.3) is 0 Å². The molecule has 0 amide bonds. The standard InChI is InChI=1S/C16H35NO2/c1-6-17(9-13-18-11-7-15(2)3)10-14-19-12-8-16(4)5/h15-16H,6-14H2,1-5H3. The molecule has 0 bridgehead atoms. The zero-order valence-electron chi connectivity index (χ0n) is 13.8. The summed E-state index contributed by atoms with van der Waals surface area (Å²) in [6, 6.07) is 0. The Labute approximate surface area is 120 Å². The van der Waals surface area contributed by atoms with E-state index in [2.05, 4.69) is 39.5 Å². The Balaban J connectivity index is 3.39. The van der Waals surface area contributed by atoms with Crippen LogP contribution in [0, 0.1) is 11.8 Å². The van der Waals surface area contributed by atoms with Crippen LogP contribution in [-0.2, 0) is 9.47 Å². The number of ether oxygens (including phenoxy) is 2. The van der Waals surface area contributed by atoms with Crippen LogP contribution >= 0.6 is 0 Å². The molecule has 0 aliphatic rings. The minimum atomic E-state index is 0.733. The van der Waals surface area contributed by atoms with Gasteiger partial charge in [-0.05, 0) is 31.2 Å². The van der Waals surface area contributed by atoms with E-state index in [1.54, 1.807) is 0 Å². The van der Waals surface area contributed by atoms with Gasteiger partial charge >= 0.3 is 0 Å². The van der Waals surface area contributed by atoms with E-state index in [1.807, 2.05) is 0 Å². The summed E-state index contributed by atoms with van der Waals surface area (Å²) in [5.74, 6) is 1.47. The van der Waals surface area contributed by atoms with Crippen molar-refractivity contribution in [3.05, 3.63) is 0 Å². The summed E-state index contributed by atoms with van der Waals surface area (Å²) in [7, 11) is 0. The Morgan fingerprint density at radius 1 is 0.737 bits per heavy atom. The van der Waals surface area contributed by atoms with Crippen molar-refractivity contribution >= 4 is 0 Å². The summed E-state index contributed by atoms with van der Waals surface area (Å²) in [6.07, 6.45) is 2.31. The van der Waals surface area contributed by atoms with E-state index in [0.717, 1.165) is 70.7 Å². The first-order valence-corrected chi connectivity index (χ1v) is 7.94. The molecule has 0 heterocycles. The lowest BCUT2D eigenvalue weighted by atomic mass is 10.1. The monoisotopic (exact) mass is 273 g/mol. The Bertz CT molecular complexity index is 166. The number of rotatable bonds is 13. The van der Waals surface area contributed by atoms with Gasteiger partial charge in [-0.3, -0.25) is 4.90 Å². The van der Waals surface area contributed by atoms with Gasteiger partial charge in [0.1, 0.15) is 0 Å². The van der Waals surface area contributed by atoms with Crippen molar-refractivity contribution < 1.29 is 9.47 Å². The maximum absolute atomic E-state index is 5.65. The zero-order valence-corrected chi connectivity index (χ0v) is 13.8. The molecule has 0 saturated heterocycles. The maximum Gasteiger partial charge on any atom is 0.0593 e. The van der Waals surface area contributed by atoms with E-state index < -0.39 is 0 Å². The van der Waals surface area contributed by atoms with Crippen molar-refractivity contribution in [1.82, 2.24) is 4.90 Å². The van der Waals surface area contributed by atoms with Crippen LogP contribution in [0.5, 0.6) is 0 Å². The van der Waals surface area contributed by atoms with E-state index in [4.69, 9.17) is 9.47 Å². The number of likely N-dealkylation sites (N-methyl/N-ethyl adjacent to an activating group) is 1. The predicted octanol–water partition coefficient (Wildman–Crippen LogP) is 3.43. The highest BCUT2D eigenvalue weighted by Crippen LogP contribution is 2.00. The van der Waals surface area contributed by atoms with E-state index in [1.165, 1.54) is 0 Å². The second kappa shape index (κ2) is 12.9. The third-order valence-corrected chi connectivity index (χ3v) is 3.23. The molecule has 0 aromatic heterocycles. The fourth-order valence-electron chi connectivity index (χ4n) is 1.66. The molecule has 0 rings (SSSR count). The Hall–Kier alpha value is -0.120. The molecule has 0 aliphatic carbocycles. The van der Waals surface area contributed by atoms with Gasteiger partial charge in [0.2, 0.25) is 0 Å². The molecule has 0 unspecified atom stereocenters. The highest BCUT2D eigenvalue weighted by molar-refractivity contribution is 4.54. The highest BCUT2D eigenvalue weighted by atomic mass is 16.5. The zero-order chi connectivity index (χ0) is 14.5. The van der Waals surface area contributed by atoms with E-state index >= 15 is 0 Å². The van der Waals surface area contributed by atoms with Gasteiger partial charge in [-0.15, -0.1) is 0 Å². The minimum Gasteiger partial charge on any atom is -0.380 e. The van der Waals surface area contributed by atoms with Crippen molar-refractivity contribution in [3.8, 4) is 0 Å². The van der Waals surface area contributed by atoms with Gasteiger partial charge in [0, 0.05) is 26.3 Å². The molecule has 0 fully saturated rings. The fourth-order valence-corrected chi connectivity index (χ4v) is 1.66. The van der Waals surface area contributed by atoms with Gasteiger partial charge in [-0.1, -0.05) is 34.6 Å². The molecule has 0 saturated carbocycles. The van der Waals surface area contributed by atoms with E-state index in [-0.39, 0.29) is 0 Å². The molecule has 19 heavy (non-hydrogen) atoms. The smallest absolute Gasteiger partial charge is 0.0593 e. The molecule has 0 atom stereocenters. The van der Waals surface area contributed by atoms with Crippen molar-refractivity contribution in [2.75, 3.05) is 46.1 Å². The molecule has 0 aliphatic heterocycles. The molecule has 0 aromatic rings. The Morgan fingerprint density at radius 3 is 1.47 bits per heavy atom. The second-order valence-electron chi connectivity index (χ2n) is 6.02. The topological polar surface area (TPSA) is 21.7 Å². The largest absolute Gasteiger partial charge is 0.380 e. The number of hydrogen-bond acceptors (Lipinski definition) is 3. The normalized spacial score (nSPS) is 12.0. The first-order chi connectivity index (χ1) is 9.06. The molecule has 0 aromatic carbocycles. The molecule has 0 spiro atoms. The summed E-state index contributed by atoms with van der Waals surface area (Å²) in [5, 5.41) is 0. The third-order valence-electron chi connectivity index (χ3n) is 3.23. The predicted molar refractivity (Wildman–Crippen MR) is 82.7 cm³/mol. The molecule has 0 radical (unpaired) electrons. The molecule has 3 nitrogen and oxygen atoms in total. The molecule has 116 valence electrons. The fraction of sp³-hybridized carbons (Fsp3) is 1.00. The average molecular weight is 273 g/mol. The first-order valence-electron chi connectivity index (χ1n) is 7.94. The van der Waals surface area contributed by atoms with Crippen LogP contribution in [0.4, 0.5) is 0 Å². The molecular weight excluding hydrogens is 238 g/mol. The molecule has 0 N–H and O–H groups in total. The molecular formula is C16H35NO2. The van der Waals surface area contributed by atoms with Crippen molar-refractivity contribution in [2.45, 2.75) is 47.5 Å². The molecule has 3 heteroatoms. The third kappa shape index (κ3) is 14.1. The van der Waals surface area contributed by atoms with Crippen molar-refractivity contribution in [1.29, 1.82) is 0 Å². The van der Waals surface area contributed by atoms with Gasteiger partial charge in [0.05, 0.1) is 13.2 Å². The van der Waals surface area contributed by atoms with Crippen LogP contribution in [0.3, 0.4) is 0 Å². The lowest BCUT2D eigenvalue weighted by Crippen LogP contribution is -2.31. The van der Waals surface area contributed by atoms with E-state index in [0.29, 0.717) is 0 Å². The summed E-state index contributed by atoms with van der Waals surface area (Å²) >= 11 is 0. The summed E-state index contributed by atoms with van der Waals surface area (Å²) in [6.45, 7) is 17.7. The van der Waals surface area contributed by atoms with Gasteiger partial charge in [0.15, 0.2) is 0 Å². The second-order valence-corrected chi connectivity index (χ2v) is 6.02. The Kier molecular flexibility index (Phi) is 12.8.